The average molecular weight is 423 g/mol. The van der Waals surface area contributed by atoms with Gasteiger partial charge in [0.2, 0.25) is 0 Å². The molecule has 0 aliphatic rings. The van der Waals surface area contributed by atoms with Crippen LogP contribution in [0.15, 0.2) is 78.4 Å². The standard InChI is InChI=1S/C25H26N2O2.ClH/c1-28-23-11-5-19(6-12-23)16-21(17-20-7-13-24(29-2)14-8-20)15-18-3-9-22(10-4-18)25(26)27;/h3-15H,16-17H2,1-2H3,(H3,26,27);1H. The molecule has 0 heterocycles. The van der Waals surface area contributed by atoms with E-state index in [4.69, 9.17) is 20.6 Å². The van der Waals surface area contributed by atoms with Crippen LogP contribution in [0.3, 0.4) is 0 Å². The lowest BCUT2D eigenvalue weighted by molar-refractivity contribution is 0.414. The summed E-state index contributed by atoms with van der Waals surface area (Å²) in [6.45, 7) is 0. The Hall–Kier alpha value is -3.24. The number of amidine groups is 1. The summed E-state index contributed by atoms with van der Waals surface area (Å²) >= 11 is 0. The zero-order chi connectivity index (χ0) is 20.6. The van der Waals surface area contributed by atoms with E-state index >= 15 is 0 Å². The summed E-state index contributed by atoms with van der Waals surface area (Å²) in [6, 6.07) is 24.1. The quantitative estimate of drug-likeness (QED) is 0.383. The van der Waals surface area contributed by atoms with Gasteiger partial charge < -0.3 is 15.2 Å². The largest absolute Gasteiger partial charge is 0.497 e. The molecule has 0 saturated carbocycles. The Balaban J connectivity index is 0.00000320. The number of hydrogen-bond donors (Lipinski definition) is 2. The molecule has 0 aliphatic carbocycles. The molecule has 3 aromatic rings. The fourth-order valence-electron chi connectivity index (χ4n) is 3.17. The summed E-state index contributed by atoms with van der Waals surface area (Å²) in [5.74, 6) is 1.79. The highest BCUT2D eigenvalue weighted by Gasteiger charge is 2.05. The van der Waals surface area contributed by atoms with Crippen molar-refractivity contribution in [2.75, 3.05) is 14.2 Å². The van der Waals surface area contributed by atoms with Gasteiger partial charge in [-0.3, -0.25) is 5.41 Å². The first-order valence-corrected chi connectivity index (χ1v) is 9.47. The van der Waals surface area contributed by atoms with Crippen LogP contribution in [0.1, 0.15) is 22.3 Å². The highest BCUT2D eigenvalue weighted by atomic mass is 35.5. The fourth-order valence-corrected chi connectivity index (χ4v) is 3.17. The molecule has 4 nitrogen and oxygen atoms in total. The second-order valence-electron chi connectivity index (χ2n) is 6.89. The minimum Gasteiger partial charge on any atom is -0.497 e. The number of benzene rings is 3. The minimum absolute atomic E-state index is 0. The van der Waals surface area contributed by atoms with Crippen molar-refractivity contribution < 1.29 is 9.47 Å². The molecule has 3 aromatic carbocycles. The zero-order valence-corrected chi connectivity index (χ0v) is 18.0. The van der Waals surface area contributed by atoms with Gasteiger partial charge in [-0.2, -0.15) is 0 Å². The molecule has 0 saturated heterocycles. The third-order valence-corrected chi connectivity index (χ3v) is 4.77. The lowest BCUT2D eigenvalue weighted by Gasteiger charge is -2.11. The molecule has 0 fully saturated rings. The number of nitrogens with two attached hydrogens (primary N) is 1. The summed E-state index contributed by atoms with van der Waals surface area (Å²) in [7, 11) is 3.35. The number of hydrogen-bond acceptors (Lipinski definition) is 3. The summed E-state index contributed by atoms with van der Waals surface area (Å²) in [4.78, 5) is 0. The van der Waals surface area contributed by atoms with Crippen molar-refractivity contribution in [2.24, 2.45) is 5.73 Å². The molecule has 0 radical (unpaired) electrons. The Labute approximate surface area is 184 Å². The van der Waals surface area contributed by atoms with E-state index in [1.807, 2.05) is 48.5 Å². The first-order valence-electron chi connectivity index (χ1n) is 9.47. The average Bonchev–Trinajstić information content (AvgIpc) is 2.75. The summed E-state index contributed by atoms with van der Waals surface area (Å²) in [5, 5.41) is 7.55. The summed E-state index contributed by atoms with van der Waals surface area (Å²) < 4.78 is 10.5. The zero-order valence-electron chi connectivity index (χ0n) is 17.2. The second-order valence-corrected chi connectivity index (χ2v) is 6.89. The fraction of sp³-hybridized carbons (Fsp3) is 0.160. The number of rotatable bonds is 8. The summed E-state index contributed by atoms with van der Waals surface area (Å²) in [6.07, 6.45) is 3.88. The van der Waals surface area contributed by atoms with Gasteiger partial charge in [0, 0.05) is 5.56 Å². The van der Waals surface area contributed by atoms with Crippen molar-refractivity contribution in [3.63, 3.8) is 0 Å². The van der Waals surface area contributed by atoms with E-state index in [2.05, 4.69) is 30.3 Å². The summed E-state index contributed by atoms with van der Waals surface area (Å²) in [5.41, 5.74) is 11.1. The van der Waals surface area contributed by atoms with Gasteiger partial charge in [0.05, 0.1) is 14.2 Å². The van der Waals surface area contributed by atoms with Crippen LogP contribution < -0.4 is 15.2 Å². The van der Waals surface area contributed by atoms with E-state index in [0.29, 0.717) is 0 Å². The van der Waals surface area contributed by atoms with Crippen LogP contribution in [0.5, 0.6) is 11.5 Å². The smallest absolute Gasteiger partial charge is 0.122 e. The molecule has 156 valence electrons. The van der Waals surface area contributed by atoms with Gasteiger partial charge in [0.1, 0.15) is 17.3 Å². The maximum absolute atomic E-state index is 7.55. The van der Waals surface area contributed by atoms with Gasteiger partial charge in [-0.05, 0) is 53.8 Å². The van der Waals surface area contributed by atoms with Gasteiger partial charge in [-0.1, -0.05) is 60.2 Å². The van der Waals surface area contributed by atoms with Crippen molar-refractivity contribution in [1.29, 1.82) is 5.41 Å². The highest BCUT2D eigenvalue weighted by molar-refractivity contribution is 5.95. The maximum Gasteiger partial charge on any atom is 0.122 e. The molecule has 0 bridgehead atoms. The number of ether oxygens (including phenoxy) is 2. The normalized spacial score (nSPS) is 9.93. The van der Waals surface area contributed by atoms with Crippen LogP contribution >= 0.6 is 12.4 Å². The van der Waals surface area contributed by atoms with E-state index in [0.717, 1.165) is 35.5 Å². The molecule has 0 aliphatic heterocycles. The predicted octanol–water partition coefficient (Wildman–Crippen LogP) is 5.28. The topological polar surface area (TPSA) is 68.3 Å². The first-order chi connectivity index (χ1) is 14.1. The third-order valence-electron chi connectivity index (χ3n) is 4.77. The molecule has 0 aromatic heterocycles. The molecular weight excluding hydrogens is 396 g/mol. The lowest BCUT2D eigenvalue weighted by atomic mass is 9.96. The van der Waals surface area contributed by atoms with Crippen molar-refractivity contribution >= 4 is 24.3 Å². The van der Waals surface area contributed by atoms with Crippen LogP contribution in [0.4, 0.5) is 0 Å². The van der Waals surface area contributed by atoms with Crippen LogP contribution in [0, 0.1) is 5.41 Å². The van der Waals surface area contributed by atoms with E-state index in [9.17, 15) is 0 Å². The van der Waals surface area contributed by atoms with Crippen molar-refractivity contribution in [1.82, 2.24) is 0 Å². The molecule has 3 N–H and O–H groups in total. The Morgan fingerprint density at radius 3 is 1.57 bits per heavy atom. The van der Waals surface area contributed by atoms with Crippen molar-refractivity contribution in [2.45, 2.75) is 12.8 Å². The van der Waals surface area contributed by atoms with Crippen LogP contribution in [-0.4, -0.2) is 20.1 Å². The molecule has 0 unspecified atom stereocenters. The van der Waals surface area contributed by atoms with Gasteiger partial charge >= 0.3 is 0 Å². The second kappa shape index (κ2) is 11.1. The molecule has 5 heteroatoms. The first kappa shape index (κ1) is 23.0. The van der Waals surface area contributed by atoms with Crippen molar-refractivity contribution in [3.8, 4) is 11.5 Å². The van der Waals surface area contributed by atoms with E-state index in [1.54, 1.807) is 14.2 Å². The van der Waals surface area contributed by atoms with Gasteiger partial charge in [-0.25, -0.2) is 0 Å². The molecule has 0 amide bonds. The Morgan fingerprint density at radius 1 is 0.767 bits per heavy atom. The van der Waals surface area contributed by atoms with E-state index in [1.165, 1.54) is 16.7 Å². The number of methoxy groups -OCH3 is 2. The molecule has 3 rings (SSSR count). The maximum atomic E-state index is 7.55. The Kier molecular flexibility index (Phi) is 8.51. The number of nitrogens with one attached hydrogen (secondary N) is 1. The number of halogens is 1. The van der Waals surface area contributed by atoms with Crippen LogP contribution in [0.2, 0.25) is 0 Å². The van der Waals surface area contributed by atoms with Crippen LogP contribution in [0.25, 0.3) is 6.08 Å². The third kappa shape index (κ3) is 6.39. The van der Waals surface area contributed by atoms with Gasteiger partial charge in [0.25, 0.3) is 0 Å². The number of allylic oxidation sites excluding steroid dienone is 1. The molecular formula is C25H27ClN2O2. The molecule has 30 heavy (non-hydrogen) atoms. The molecule has 0 atom stereocenters. The van der Waals surface area contributed by atoms with Crippen LogP contribution in [-0.2, 0) is 12.8 Å². The number of nitrogen functional groups attached to an aromatic ring is 1. The molecule has 0 spiro atoms. The van der Waals surface area contributed by atoms with Gasteiger partial charge in [0.15, 0.2) is 0 Å². The van der Waals surface area contributed by atoms with E-state index in [-0.39, 0.29) is 18.2 Å². The lowest BCUT2D eigenvalue weighted by Crippen LogP contribution is -2.10. The Morgan fingerprint density at radius 2 is 1.20 bits per heavy atom. The predicted molar refractivity (Wildman–Crippen MR) is 126 cm³/mol. The Bertz CT molecular complexity index is 928. The minimum atomic E-state index is 0. The monoisotopic (exact) mass is 422 g/mol. The van der Waals surface area contributed by atoms with E-state index < -0.39 is 0 Å². The van der Waals surface area contributed by atoms with Crippen molar-refractivity contribution in [3.05, 3.63) is 101 Å². The highest BCUT2D eigenvalue weighted by Crippen LogP contribution is 2.21. The van der Waals surface area contributed by atoms with Gasteiger partial charge in [-0.15, -0.1) is 12.4 Å². The SMILES string of the molecule is COc1ccc(CC(=Cc2ccc(C(=N)N)cc2)Cc2ccc(OC)cc2)cc1.Cl.